The van der Waals surface area contributed by atoms with E-state index in [0.717, 1.165) is 30.0 Å². The molecule has 1 atom stereocenters. The summed E-state index contributed by atoms with van der Waals surface area (Å²) in [7, 11) is 1.64. The standard InChI is InChI=1S/C18H23N3OS/c1-12(2)14-6-5-13(3)17(11-14)20-21-18(23)19-15-7-9-16(22-4)10-8-15/h5,7-10,14H,1,6,11H2,2-4H3,(H2,19,21,23)/t14-/m0/s1. The molecule has 0 amide bonds. The monoisotopic (exact) mass is 329 g/mol. The molecule has 0 heterocycles. The Kier molecular flexibility index (Phi) is 5.93. The maximum atomic E-state index is 5.29. The van der Waals surface area contributed by atoms with Gasteiger partial charge in [-0.15, -0.1) is 0 Å². The Bertz CT molecular complexity index is 647. The summed E-state index contributed by atoms with van der Waals surface area (Å²) in [6.45, 7) is 8.20. The van der Waals surface area contributed by atoms with E-state index in [1.807, 2.05) is 24.3 Å². The molecule has 2 rings (SSSR count). The van der Waals surface area contributed by atoms with Gasteiger partial charge in [-0.2, -0.15) is 5.10 Å². The molecule has 23 heavy (non-hydrogen) atoms. The van der Waals surface area contributed by atoms with Crippen LogP contribution in [0.15, 0.2) is 53.2 Å². The number of hydrogen-bond donors (Lipinski definition) is 2. The number of hydrazone groups is 1. The number of allylic oxidation sites excluding steroid dienone is 3. The summed E-state index contributed by atoms with van der Waals surface area (Å²) in [5.74, 6) is 1.27. The fourth-order valence-corrected chi connectivity index (χ4v) is 2.54. The molecule has 2 N–H and O–H groups in total. The van der Waals surface area contributed by atoms with Gasteiger partial charge < -0.3 is 10.1 Å². The van der Waals surface area contributed by atoms with Crippen LogP contribution in [0.4, 0.5) is 5.69 Å². The van der Waals surface area contributed by atoms with Gasteiger partial charge in [0.05, 0.1) is 12.8 Å². The molecule has 0 radical (unpaired) electrons. The summed E-state index contributed by atoms with van der Waals surface area (Å²) in [6.07, 6.45) is 4.15. The third-order valence-corrected chi connectivity index (χ3v) is 4.13. The highest BCUT2D eigenvalue weighted by atomic mass is 32.1. The van der Waals surface area contributed by atoms with Gasteiger partial charge in [-0.3, -0.25) is 5.43 Å². The maximum Gasteiger partial charge on any atom is 0.191 e. The number of methoxy groups -OCH3 is 1. The first kappa shape index (κ1) is 17.2. The number of benzene rings is 1. The lowest BCUT2D eigenvalue weighted by Gasteiger charge is -2.22. The summed E-state index contributed by atoms with van der Waals surface area (Å²) >= 11 is 5.29. The Morgan fingerprint density at radius 2 is 2.04 bits per heavy atom. The van der Waals surface area contributed by atoms with E-state index in [1.54, 1.807) is 7.11 Å². The Morgan fingerprint density at radius 1 is 1.35 bits per heavy atom. The molecular weight excluding hydrogens is 306 g/mol. The van der Waals surface area contributed by atoms with Gasteiger partial charge in [0.1, 0.15) is 5.75 Å². The summed E-state index contributed by atoms with van der Waals surface area (Å²) in [6, 6.07) is 7.57. The zero-order valence-corrected chi connectivity index (χ0v) is 14.7. The molecule has 5 heteroatoms. The van der Waals surface area contributed by atoms with Gasteiger partial charge in [-0.05, 0) is 74.7 Å². The van der Waals surface area contributed by atoms with Crippen molar-refractivity contribution in [3.63, 3.8) is 0 Å². The quantitative estimate of drug-likeness (QED) is 0.492. The first-order valence-corrected chi connectivity index (χ1v) is 8.00. The van der Waals surface area contributed by atoms with Crippen molar-refractivity contribution >= 4 is 28.7 Å². The molecule has 122 valence electrons. The molecule has 1 aromatic carbocycles. The molecule has 1 aliphatic rings. The van der Waals surface area contributed by atoms with Gasteiger partial charge in [-0.1, -0.05) is 18.2 Å². The molecular formula is C18H23N3OS. The molecule has 0 fully saturated rings. The molecule has 0 bridgehead atoms. The number of nitrogens with zero attached hydrogens (tertiary/aromatic N) is 1. The van der Waals surface area contributed by atoms with Crippen LogP contribution < -0.4 is 15.5 Å². The fourth-order valence-electron chi connectivity index (χ4n) is 2.38. The van der Waals surface area contributed by atoms with Crippen LogP contribution in [0.5, 0.6) is 5.75 Å². The first-order chi connectivity index (χ1) is 11.0. The predicted octanol–water partition coefficient (Wildman–Crippen LogP) is 4.27. The summed E-state index contributed by atoms with van der Waals surface area (Å²) in [4.78, 5) is 0. The van der Waals surface area contributed by atoms with E-state index in [4.69, 9.17) is 17.0 Å². The highest BCUT2D eigenvalue weighted by Gasteiger charge is 2.18. The van der Waals surface area contributed by atoms with Gasteiger partial charge in [-0.25, -0.2) is 0 Å². The predicted molar refractivity (Wildman–Crippen MR) is 101 cm³/mol. The topological polar surface area (TPSA) is 45.7 Å². The van der Waals surface area contributed by atoms with Crippen molar-refractivity contribution in [1.82, 2.24) is 5.43 Å². The molecule has 1 aliphatic carbocycles. The Morgan fingerprint density at radius 3 is 2.65 bits per heavy atom. The normalized spacial score (nSPS) is 19.0. The minimum Gasteiger partial charge on any atom is -0.497 e. The maximum absolute atomic E-state index is 5.29. The summed E-state index contributed by atoms with van der Waals surface area (Å²) in [5, 5.41) is 8.02. The molecule has 0 unspecified atom stereocenters. The zero-order valence-electron chi connectivity index (χ0n) is 13.8. The Labute approximate surface area is 143 Å². The van der Waals surface area contributed by atoms with Crippen LogP contribution in [0.25, 0.3) is 0 Å². The SMILES string of the molecule is C=C(C)[C@H]1CC=C(C)C(=NNC(=S)Nc2ccc(OC)cc2)C1. The average Bonchev–Trinajstić information content (AvgIpc) is 2.54. The van der Waals surface area contributed by atoms with Crippen molar-refractivity contribution in [2.45, 2.75) is 26.7 Å². The number of rotatable bonds is 4. The molecule has 1 aromatic rings. The number of hydrogen-bond acceptors (Lipinski definition) is 3. The highest BCUT2D eigenvalue weighted by molar-refractivity contribution is 7.80. The van der Waals surface area contributed by atoms with Crippen molar-refractivity contribution in [2.75, 3.05) is 12.4 Å². The highest BCUT2D eigenvalue weighted by Crippen LogP contribution is 2.26. The number of ether oxygens (including phenoxy) is 1. The van der Waals surface area contributed by atoms with Gasteiger partial charge >= 0.3 is 0 Å². The number of thiocarbonyl (C=S) groups is 1. The fraction of sp³-hybridized carbons (Fsp3) is 0.333. The van der Waals surface area contributed by atoms with Crippen molar-refractivity contribution in [1.29, 1.82) is 0 Å². The zero-order chi connectivity index (χ0) is 16.8. The van der Waals surface area contributed by atoms with Crippen LogP contribution >= 0.6 is 12.2 Å². The smallest absolute Gasteiger partial charge is 0.191 e. The summed E-state index contributed by atoms with van der Waals surface area (Å²) < 4.78 is 5.13. The minimum atomic E-state index is 0.461. The lowest BCUT2D eigenvalue weighted by atomic mass is 9.85. The van der Waals surface area contributed by atoms with Crippen LogP contribution in [0.1, 0.15) is 26.7 Å². The largest absolute Gasteiger partial charge is 0.497 e. The third-order valence-electron chi connectivity index (χ3n) is 3.94. The van der Waals surface area contributed by atoms with Crippen LogP contribution in [0.3, 0.4) is 0 Å². The van der Waals surface area contributed by atoms with E-state index in [2.05, 4.69) is 42.3 Å². The van der Waals surface area contributed by atoms with Crippen molar-refractivity contribution < 1.29 is 4.74 Å². The van der Waals surface area contributed by atoms with E-state index in [-0.39, 0.29) is 0 Å². The molecule has 0 aliphatic heterocycles. The second-order valence-corrected chi connectivity index (χ2v) is 6.13. The van der Waals surface area contributed by atoms with Crippen LogP contribution in [0, 0.1) is 5.92 Å². The Hall–Kier alpha value is -2.14. The molecule has 0 spiro atoms. The third kappa shape index (κ3) is 4.93. The van der Waals surface area contributed by atoms with Crippen molar-refractivity contribution in [3.8, 4) is 5.75 Å². The summed E-state index contributed by atoms with van der Waals surface area (Å²) in [5.41, 5.74) is 7.24. The van der Waals surface area contributed by atoms with Gasteiger partial charge in [0.15, 0.2) is 5.11 Å². The van der Waals surface area contributed by atoms with E-state index in [9.17, 15) is 0 Å². The first-order valence-electron chi connectivity index (χ1n) is 7.59. The van der Waals surface area contributed by atoms with Gasteiger partial charge in [0.25, 0.3) is 0 Å². The minimum absolute atomic E-state index is 0.461. The average molecular weight is 329 g/mol. The molecule has 0 aromatic heterocycles. The second kappa shape index (κ2) is 7.92. The van der Waals surface area contributed by atoms with E-state index in [1.165, 1.54) is 11.1 Å². The van der Waals surface area contributed by atoms with Gasteiger partial charge in [0, 0.05) is 5.69 Å². The van der Waals surface area contributed by atoms with E-state index >= 15 is 0 Å². The van der Waals surface area contributed by atoms with Crippen molar-refractivity contribution in [2.24, 2.45) is 11.0 Å². The number of nitrogens with one attached hydrogen (secondary N) is 2. The molecule has 0 saturated carbocycles. The number of anilines is 1. The second-order valence-electron chi connectivity index (χ2n) is 5.72. The van der Waals surface area contributed by atoms with E-state index in [0.29, 0.717) is 11.0 Å². The lowest BCUT2D eigenvalue weighted by Crippen LogP contribution is -2.26. The van der Waals surface area contributed by atoms with Crippen molar-refractivity contribution in [3.05, 3.63) is 48.1 Å². The molecule has 4 nitrogen and oxygen atoms in total. The van der Waals surface area contributed by atoms with Crippen LogP contribution in [-0.2, 0) is 0 Å². The lowest BCUT2D eigenvalue weighted by molar-refractivity contribution is 0.415. The molecule has 0 saturated heterocycles. The van der Waals surface area contributed by atoms with Crippen LogP contribution in [0.2, 0.25) is 0 Å². The van der Waals surface area contributed by atoms with Gasteiger partial charge in [0.2, 0.25) is 0 Å². The van der Waals surface area contributed by atoms with Crippen LogP contribution in [-0.4, -0.2) is 17.9 Å². The Balaban J connectivity index is 1.95. The van der Waals surface area contributed by atoms with E-state index < -0.39 is 0 Å².